The van der Waals surface area contributed by atoms with Gasteiger partial charge in [0.2, 0.25) is 0 Å². The number of aromatic amines is 1. The number of nitrogens with one attached hydrogen (secondary N) is 2. The first-order valence-corrected chi connectivity index (χ1v) is 9.46. The topological polar surface area (TPSA) is 66.9 Å². The first-order chi connectivity index (χ1) is 12.9. The number of hydrogen-bond acceptors (Lipinski definition) is 3. The van der Waals surface area contributed by atoms with E-state index in [-0.39, 0.29) is 23.4 Å². The predicted octanol–water partition coefficient (Wildman–Crippen LogP) is 4.21. The zero-order chi connectivity index (χ0) is 19.6. The second-order valence-electron chi connectivity index (χ2n) is 6.85. The number of aromatic nitrogens is 2. The van der Waals surface area contributed by atoms with E-state index < -0.39 is 0 Å². The molecule has 0 saturated carbocycles. The zero-order valence-electron chi connectivity index (χ0n) is 15.7. The summed E-state index contributed by atoms with van der Waals surface area (Å²) in [6.07, 6.45) is 0. The molecule has 27 heavy (non-hydrogen) atoms. The van der Waals surface area contributed by atoms with Crippen LogP contribution < -0.4 is 10.9 Å². The number of carbonyl (C=O) groups is 1. The Balaban J connectivity index is 1.96. The van der Waals surface area contributed by atoms with Gasteiger partial charge >= 0.3 is 0 Å². The lowest BCUT2D eigenvalue weighted by molar-refractivity contribution is 0.0925. The minimum Gasteiger partial charge on any atom is -0.345 e. The van der Waals surface area contributed by atoms with Crippen molar-refractivity contribution in [2.75, 3.05) is 0 Å². The molecule has 6 heteroatoms. The summed E-state index contributed by atoms with van der Waals surface area (Å²) in [4.78, 5) is 28.4. The highest BCUT2D eigenvalue weighted by atomic mass is 32.1. The number of benzene rings is 2. The summed E-state index contributed by atoms with van der Waals surface area (Å²) in [5.41, 5.74) is 1.98. The number of carbonyl (C=O) groups excluding carboxylic acids is 1. The van der Waals surface area contributed by atoms with Crippen LogP contribution in [0, 0.1) is 10.7 Å². The van der Waals surface area contributed by atoms with Gasteiger partial charge in [0.15, 0.2) is 4.77 Å². The van der Waals surface area contributed by atoms with E-state index in [1.807, 2.05) is 37.3 Å². The molecule has 140 valence electrons. The van der Waals surface area contributed by atoms with E-state index in [4.69, 9.17) is 12.2 Å². The highest BCUT2D eigenvalue weighted by Gasteiger charge is 2.19. The van der Waals surface area contributed by atoms with Gasteiger partial charge in [0.25, 0.3) is 11.5 Å². The van der Waals surface area contributed by atoms with Gasteiger partial charge in [-0.15, -0.1) is 0 Å². The van der Waals surface area contributed by atoms with Crippen molar-refractivity contribution in [1.29, 1.82) is 0 Å². The Hall–Kier alpha value is -2.73. The van der Waals surface area contributed by atoms with Gasteiger partial charge in [0, 0.05) is 12.1 Å². The minimum atomic E-state index is -0.182. The van der Waals surface area contributed by atoms with Crippen molar-refractivity contribution in [2.45, 2.75) is 33.4 Å². The Morgan fingerprint density at radius 3 is 2.52 bits per heavy atom. The van der Waals surface area contributed by atoms with Crippen molar-refractivity contribution in [1.82, 2.24) is 14.9 Å². The molecule has 0 aliphatic carbocycles. The molecule has 1 aromatic heterocycles. The van der Waals surface area contributed by atoms with Crippen molar-refractivity contribution in [3.8, 4) is 0 Å². The fourth-order valence-electron chi connectivity index (χ4n) is 3.20. The van der Waals surface area contributed by atoms with Gasteiger partial charge in [-0.1, -0.05) is 44.2 Å². The quantitative estimate of drug-likeness (QED) is 0.651. The lowest BCUT2D eigenvalue weighted by Crippen LogP contribution is -2.31. The second-order valence-corrected chi connectivity index (χ2v) is 7.23. The molecule has 0 aliphatic rings. The van der Waals surface area contributed by atoms with Crippen LogP contribution in [-0.2, 0) is 6.54 Å². The van der Waals surface area contributed by atoms with E-state index in [0.717, 1.165) is 5.56 Å². The maximum atomic E-state index is 12.8. The second kappa shape index (κ2) is 7.88. The monoisotopic (exact) mass is 381 g/mol. The lowest BCUT2D eigenvalue weighted by atomic mass is 9.95. The van der Waals surface area contributed by atoms with E-state index in [1.165, 1.54) is 4.57 Å². The lowest BCUT2D eigenvalue weighted by Gasteiger charge is -2.23. The molecule has 0 bridgehead atoms. The van der Waals surface area contributed by atoms with E-state index in [2.05, 4.69) is 24.1 Å². The molecule has 0 spiro atoms. The SMILES string of the molecule is CCn1c(=S)[nH]c2cc(C(=O)NC(c3ccccc3)C(C)C)ccc2c1=O. The highest BCUT2D eigenvalue weighted by molar-refractivity contribution is 7.71. The number of fused-ring (bicyclic) bond motifs is 1. The molecule has 3 aromatic rings. The molecule has 5 nitrogen and oxygen atoms in total. The van der Waals surface area contributed by atoms with Crippen molar-refractivity contribution in [3.63, 3.8) is 0 Å². The summed E-state index contributed by atoms with van der Waals surface area (Å²) in [5.74, 6) is 0.0535. The molecular weight excluding hydrogens is 358 g/mol. The van der Waals surface area contributed by atoms with Gasteiger partial charge in [0.05, 0.1) is 16.9 Å². The Morgan fingerprint density at radius 1 is 1.19 bits per heavy atom. The van der Waals surface area contributed by atoms with Gasteiger partial charge in [-0.05, 0) is 48.8 Å². The highest BCUT2D eigenvalue weighted by Crippen LogP contribution is 2.22. The third kappa shape index (κ3) is 3.85. The van der Waals surface area contributed by atoms with Gasteiger partial charge in [-0.25, -0.2) is 0 Å². The summed E-state index contributed by atoms with van der Waals surface area (Å²) in [6.45, 7) is 6.51. The van der Waals surface area contributed by atoms with Crippen LogP contribution in [0.4, 0.5) is 0 Å². The van der Waals surface area contributed by atoms with Crippen LogP contribution in [0.1, 0.15) is 42.7 Å². The number of nitrogens with zero attached hydrogens (tertiary/aromatic N) is 1. The van der Waals surface area contributed by atoms with Crippen LogP contribution in [0.2, 0.25) is 0 Å². The van der Waals surface area contributed by atoms with Crippen LogP contribution in [-0.4, -0.2) is 15.5 Å². The van der Waals surface area contributed by atoms with Crippen LogP contribution in [0.3, 0.4) is 0 Å². The predicted molar refractivity (Wildman–Crippen MR) is 111 cm³/mol. The van der Waals surface area contributed by atoms with Crippen LogP contribution >= 0.6 is 12.2 Å². The molecule has 2 aromatic carbocycles. The van der Waals surface area contributed by atoms with Crippen LogP contribution in [0.5, 0.6) is 0 Å². The molecule has 1 heterocycles. The summed E-state index contributed by atoms with van der Waals surface area (Å²) in [7, 11) is 0. The molecule has 1 amide bonds. The average Bonchev–Trinajstić information content (AvgIpc) is 2.66. The van der Waals surface area contributed by atoms with Gasteiger partial charge < -0.3 is 10.3 Å². The third-order valence-electron chi connectivity index (χ3n) is 4.67. The molecule has 3 rings (SSSR count). The van der Waals surface area contributed by atoms with Crippen LogP contribution in [0.15, 0.2) is 53.3 Å². The Morgan fingerprint density at radius 2 is 1.89 bits per heavy atom. The number of hydrogen-bond donors (Lipinski definition) is 2. The molecule has 0 fully saturated rings. The Kier molecular flexibility index (Phi) is 5.56. The molecular formula is C21H23N3O2S. The van der Waals surface area contributed by atoms with Gasteiger partial charge in [0.1, 0.15) is 0 Å². The normalized spacial score (nSPS) is 12.3. The van der Waals surface area contributed by atoms with Crippen molar-refractivity contribution >= 4 is 29.0 Å². The number of rotatable bonds is 5. The first-order valence-electron chi connectivity index (χ1n) is 9.05. The first kappa shape index (κ1) is 19.0. The van der Waals surface area contributed by atoms with Crippen molar-refractivity contribution in [2.24, 2.45) is 5.92 Å². The number of H-pyrrole nitrogens is 1. The van der Waals surface area contributed by atoms with Gasteiger partial charge in [-0.2, -0.15) is 0 Å². The van der Waals surface area contributed by atoms with Crippen LogP contribution in [0.25, 0.3) is 10.9 Å². The molecule has 0 aliphatic heterocycles. The fraction of sp³-hybridized carbons (Fsp3) is 0.286. The Bertz CT molecular complexity index is 1080. The largest absolute Gasteiger partial charge is 0.345 e. The molecule has 0 radical (unpaired) electrons. The molecule has 2 N–H and O–H groups in total. The maximum absolute atomic E-state index is 12.8. The summed E-state index contributed by atoms with van der Waals surface area (Å²) in [6, 6.07) is 14.8. The standard InChI is InChI=1S/C21H23N3O2S/c1-4-24-20(26)16-11-10-15(12-17(16)22-21(24)27)19(25)23-18(13(2)3)14-8-6-5-7-9-14/h5-13,18H,4H2,1-3H3,(H,22,27)(H,23,25). The minimum absolute atomic E-state index is 0.0963. The van der Waals surface area contributed by atoms with Crippen molar-refractivity contribution in [3.05, 3.63) is 74.8 Å². The van der Waals surface area contributed by atoms with Crippen molar-refractivity contribution < 1.29 is 4.79 Å². The van der Waals surface area contributed by atoms with E-state index >= 15 is 0 Å². The van der Waals surface area contributed by atoms with E-state index in [0.29, 0.717) is 27.8 Å². The Labute approximate surface area is 163 Å². The number of amides is 1. The average molecular weight is 382 g/mol. The zero-order valence-corrected chi connectivity index (χ0v) is 16.5. The maximum Gasteiger partial charge on any atom is 0.262 e. The smallest absolute Gasteiger partial charge is 0.262 e. The van der Waals surface area contributed by atoms with Gasteiger partial charge in [-0.3, -0.25) is 14.2 Å². The summed E-state index contributed by atoms with van der Waals surface area (Å²) < 4.78 is 1.86. The van der Waals surface area contributed by atoms with E-state index in [1.54, 1.807) is 18.2 Å². The molecule has 1 atom stereocenters. The fourth-order valence-corrected chi connectivity index (χ4v) is 3.52. The third-order valence-corrected chi connectivity index (χ3v) is 4.99. The summed E-state index contributed by atoms with van der Waals surface area (Å²) in [5, 5.41) is 3.62. The molecule has 1 unspecified atom stereocenters. The summed E-state index contributed by atoms with van der Waals surface area (Å²) >= 11 is 5.25. The molecule has 0 saturated heterocycles. The van der Waals surface area contributed by atoms with E-state index in [9.17, 15) is 9.59 Å².